The summed E-state index contributed by atoms with van der Waals surface area (Å²) in [4.78, 5) is 34.3. The topological polar surface area (TPSA) is 95.5 Å². The highest BCUT2D eigenvalue weighted by Crippen LogP contribution is 2.31. The first-order valence-electron chi connectivity index (χ1n) is 6.50. The number of hydrogen-bond donors (Lipinski definition) is 3. The predicted molar refractivity (Wildman–Crippen MR) is 69.3 cm³/mol. The van der Waals surface area contributed by atoms with Gasteiger partial charge in [0.15, 0.2) is 0 Å². The van der Waals surface area contributed by atoms with Gasteiger partial charge in [0, 0.05) is 19.5 Å². The van der Waals surface area contributed by atoms with Gasteiger partial charge in [-0.25, -0.2) is 0 Å². The van der Waals surface area contributed by atoms with E-state index in [1.807, 2.05) is 0 Å². The van der Waals surface area contributed by atoms with Gasteiger partial charge in [-0.05, 0) is 33.1 Å². The zero-order valence-electron chi connectivity index (χ0n) is 11.7. The Morgan fingerprint density at radius 2 is 1.79 bits per heavy atom. The molecule has 0 spiro atoms. The molecule has 1 aliphatic rings. The van der Waals surface area contributed by atoms with Gasteiger partial charge in [0.1, 0.15) is 0 Å². The Morgan fingerprint density at radius 1 is 1.21 bits per heavy atom. The van der Waals surface area contributed by atoms with Crippen LogP contribution in [0.4, 0.5) is 0 Å². The maximum absolute atomic E-state index is 11.9. The average molecular weight is 270 g/mol. The van der Waals surface area contributed by atoms with E-state index in [1.54, 1.807) is 20.9 Å². The van der Waals surface area contributed by atoms with Gasteiger partial charge >= 0.3 is 5.97 Å². The zero-order valence-corrected chi connectivity index (χ0v) is 11.7. The number of carboxylic acid groups (broad SMARTS) is 1. The number of aliphatic carboxylic acids is 1. The molecule has 2 atom stereocenters. The molecule has 0 aromatic carbocycles. The van der Waals surface area contributed by atoms with E-state index in [-0.39, 0.29) is 24.3 Å². The molecule has 6 nitrogen and oxygen atoms in total. The fourth-order valence-electron chi connectivity index (χ4n) is 2.32. The molecule has 2 unspecified atom stereocenters. The number of nitrogens with one attached hydrogen (secondary N) is 2. The summed E-state index contributed by atoms with van der Waals surface area (Å²) >= 11 is 0. The molecule has 0 saturated heterocycles. The number of amides is 2. The van der Waals surface area contributed by atoms with Crippen LogP contribution < -0.4 is 10.6 Å². The van der Waals surface area contributed by atoms with Crippen molar-refractivity contribution in [3.63, 3.8) is 0 Å². The molecule has 108 valence electrons. The van der Waals surface area contributed by atoms with Crippen LogP contribution in [0.2, 0.25) is 0 Å². The summed E-state index contributed by atoms with van der Waals surface area (Å²) in [6.07, 6.45) is 1.54. The summed E-state index contributed by atoms with van der Waals surface area (Å²) in [6, 6.07) is 0. The van der Waals surface area contributed by atoms with Gasteiger partial charge in [0.2, 0.25) is 11.8 Å². The van der Waals surface area contributed by atoms with Gasteiger partial charge in [-0.1, -0.05) is 0 Å². The SMILES string of the molecule is CNC(=O)C(C)(C)CNC(=O)C1CCC(C(=O)O)C1. The predicted octanol–water partition coefficient (Wildman–Crippen LogP) is 0.376. The summed E-state index contributed by atoms with van der Waals surface area (Å²) in [5.74, 6) is -1.78. The minimum atomic E-state index is -0.832. The Hall–Kier alpha value is -1.59. The second-order valence-electron chi connectivity index (χ2n) is 5.73. The van der Waals surface area contributed by atoms with Gasteiger partial charge in [-0.3, -0.25) is 14.4 Å². The van der Waals surface area contributed by atoms with Crippen molar-refractivity contribution in [3.8, 4) is 0 Å². The van der Waals surface area contributed by atoms with Crippen LogP contribution in [0.1, 0.15) is 33.1 Å². The molecular weight excluding hydrogens is 248 g/mol. The number of carboxylic acids is 1. The quantitative estimate of drug-likeness (QED) is 0.673. The maximum Gasteiger partial charge on any atom is 0.306 e. The van der Waals surface area contributed by atoms with Crippen molar-refractivity contribution in [3.05, 3.63) is 0 Å². The molecule has 0 bridgehead atoms. The van der Waals surface area contributed by atoms with E-state index < -0.39 is 17.3 Å². The molecule has 19 heavy (non-hydrogen) atoms. The van der Waals surface area contributed by atoms with E-state index in [4.69, 9.17) is 5.11 Å². The fraction of sp³-hybridized carbons (Fsp3) is 0.769. The van der Waals surface area contributed by atoms with Crippen molar-refractivity contribution in [1.82, 2.24) is 10.6 Å². The van der Waals surface area contributed by atoms with Crippen LogP contribution in [0.15, 0.2) is 0 Å². The van der Waals surface area contributed by atoms with Crippen LogP contribution in [0, 0.1) is 17.3 Å². The summed E-state index contributed by atoms with van der Waals surface area (Å²) in [5, 5.41) is 14.2. The largest absolute Gasteiger partial charge is 0.481 e. The lowest BCUT2D eigenvalue weighted by atomic mass is 9.92. The molecule has 0 aromatic rings. The van der Waals surface area contributed by atoms with Gasteiger partial charge in [0.25, 0.3) is 0 Å². The van der Waals surface area contributed by atoms with Gasteiger partial charge in [0.05, 0.1) is 11.3 Å². The zero-order chi connectivity index (χ0) is 14.6. The van der Waals surface area contributed by atoms with Gasteiger partial charge in [-0.2, -0.15) is 0 Å². The highest BCUT2D eigenvalue weighted by molar-refractivity contribution is 5.84. The van der Waals surface area contributed by atoms with Gasteiger partial charge < -0.3 is 15.7 Å². The summed E-state index contributed by atoms with van der Waals surface area (Å²) in [5.41, 5.74) is -0.671. The molecule has 0 aromatic heterocycles. The van der Waals surface area contributed by atoms with Crippen molar-refractivity contribution >= 4 is 17.8 Å². The summed E-state index contributed by atoms with van der Waals surface area (Å²) in [6.45, 7) is 3.75. The van der Waals surface area contributed by atoms with Crippen molar-refractivity contribution in [1.29, 1.82) is 0 Å². The van der Waals surface area contributed by atoms with Crippen molar-refractivity contribution in [2.75, 3.05) is 13.6 Å². The normalized spacial score (nSPS) is 22.9. The first kappa shape index (κ1) is 15.5. The van der Waals surface area contributed by atoms with E-state index in [0.717, 1.165) is 0 Å². The van der Waals surface area contributed by atoms with Crippen LogP contribution in [0.25, 0.3) is 0 Å². The van der Waals surface area contributed by atoms with Crippen molar-refractivity contribution in [2.45, 2.75) is 33.1 Å². The lowest BCUT2D eigenvalue weighted by Gasteiger charge is -2.23. The number of carbonyl (C=O) groups is 3. The van der Waals surface area contributed by atoms with Crippen LogP contribution >= 0.6 is 0 Å². The smallest absolute Gasteiger partial charge is 0.306 e. The highest BCUT2D eigenvalue weighted by Gasteiger charge is 2.35. The minimum Gasteiger partial charge on any atom is -0.481 e. The molecule has 6 heteroatoms. The number of carbonyl (C=O) groups excluding carboxylic acids is 2. The average Bonchev–Trinajstić information content (AvgIpc) is 2.84. The summed E-state index contributed by atoms with van der Waals surface area (Å²) < 4.78 is 0. The Morgan fingerprint density at radius 3 is 2.26 bits per heavy atom. The second-order valence-corrected chi connectivity index (χ2v) is 5.73. The Bertz CT molecular complexity index is 379. The monoisotopic (exact) mass is 270 g/mol. The molecule has 1 rings (SSSR count). The third-order valence-corrected chi connectivity index (χ3v) is 3.70. The number of rotatable bonds is 5. The second kappa shape index (κ2) is 6.04. The van der Waals surface area contributed by atoms with Crippen molar-refractivity contribution in [2.24, 2.45) is 17.3 Å². The Labute approximate surface area is 112 Å². The molecular formula is C13H22N2O4. The molecule has 1 aliphatic carbocycles. The molecule has 1 saturated carbocycles. The van der Waals surface area contributed by atoms with E-state index in [0.29, 0.717) is 19.3 Å². The van der Waals surface area contributed by atoms with E-state index in [9.17, 15) is 14.4 Å². The van der Waals surface area contributed by atoms with Crippen molar-refractivity contribution < 1.29 is 19.5 Å². The fourth-order valence-corrected chi connectivity index (χ4v) is 2.32. The molecule has 0 aliphatic heterocycles. The first-order valence-corrected chi connectivity index (χ1v) is 6.50. The third kappa shape index (κ3) is 3.94. The first-order chi connectivity index (χ1) is 8.77. The lowest BCUT2D eigenvalue weighted by Crippen LogP contribution is -2.45. The lowest BCUT2D eigenvalue weighted by molar-refractivity contribution is -0.141. The highest BCUT2D eigenvalue weighted by atomic mass is 16.4. The van der Waals surface area contributed by atoms with Crippen LogP contribution in [-0.4, -0.2) is 36.5 Å². The molecule has 1 fully saturated rings. The maximum atomic E-state index is 11.9. The van der Waals surface area contributed by atoms with E-state index in [2.05, 4.69) is 10.6 Å². The van der Waals surface area contributed by atoms with Crippen LogP contribution in [0.5, 0.6) is 0 Å². The standard InChI is InChI=1S/C13H22N2O4/c1-13(2,12(19)14-3)7-15-10(16)8-4-5-9(6-8)11(17)18/h8-9H,4-7H2,1-3H3,(H,14,19)(H,15,16)(H,17,18). The minimum absolute atomic E-state index is 0.136. The molecule has 2 amide bonds. The van der Waals surface area contributed by atoms with Gasteiger partial charge in [-0.15, -0.1) is 0 Å². The Kier molecular flexibility index (Phi) is 4.91. The van der Waals surface area contributed by atoms with E-state index in [1.165, 1.54) is 0 Å². The number of hydrogen-bond acceptors (Lipinski definition) is 3. The summed E-state index contributed by atoms with van der Waals surface area (Å²) in [7, 11) is 1.56. The van der Waals surface area contributed by atoms with Crippen LogP contribution in [-0.2, 0) is 14.4 Å². The van der Waals surface area contributed by atoms with E-state index >= 15 is 0 Å². The Balaban J connectivity index is 2.45. The third-order valence-electron chi connectivity index (χ3n) is 3.70. The molecule has 0 radical (unpaired) electrons. The molecule has 0 heterocycles. The van der Waals surface area contributed by atoms with Crippen LogP contribution in [0.3, 0.4) is 0 Å². The molecule has 3 N–H and O–H groups in total.